The van der Waals surface area contributed by atoms with Gasteiger partial charge in [-0.15, -0.1) is 0 Å². The maximum atomic E-state index is 11.6. The van der Waals surface area contributed by atoms with Gasteiger partial charge in [-0.1, -0.05) is 0 Å². The van der Waals surface area contributed by atoms with Gasteiger partial charge in [0.1, 0.15) is 6.10 Å². The van der Waals surface area contributed by atoms with Crippen LogP contribution in [0.3, 0.4) is 0 Å². The van der Waals surface area contributed by atoms with E-state index >= 15 is 0 Å². The van der Waals surface area contributed by atoms with Gasteiger partial charge in [0.15, 0.2) is 0 Å². The molecule has 0 aromatic carbocycles. The normalized spacial score (nSPS) is 30.7. The van der Waals surface area contributed by atoms with E-state index in [4.69, 9.17) is 4.74 Å². The van der Waals surface area contributed by atoms with Gasteiger partial charge in [-0.2, -0.15) is 0 Å². The minimum Gasteiger partial charge on any atom is -0.368 e. The molecule has 0 spiro atoms. The molecule has 2 fully saturated rings. The summed E-state index contributed by atoms with van der Waals surface area (Å²) in [6.45, 7) is 2.64. The Morgan fingerprint density at radius 2 is 2.33 bits per heavy atom. The van der Waals surface area contributed by atoms with Crippen LogP contribution in [0, 0.1) is 0 Å². The fourth-order valence-electron chi connectivity index (χ4n) is 2.27. The molecule has 0 radical (unpaired) electrons. The highest BCUT2D eigenvalue weighted by molar-refractivity contribution is 5.80. The summed E-state index contributed by atoms with van der Waals surface area (Å²) in [4.78, 5) is 11.6. The first-order valence-electron chi connectivity index (χ1n) is 5.99. The molecule has 2 aliphatic rings. The van der Waals surface area contributed by atoms with Crippen LogP contribution < -0.4 is 10.6 Å². The Labute approximate surface area is 90.8 Å². The van der Waals surface area contributed by atoms with Crippen LogP contribution in [0.15, 0.2) is 0 Å². The fraction of sp³-hybridized carbons (Fsp3) is 0.909. The lowest BCUT2D eigenvalue weighted by Crippen LogP contribution is -2.36. The van der Waals surface area contributed by atoms with Crippen molar-refractivity contribution in [2.24, 2.45) is 0 Å². The van der Waals surface area contributed by atoms with E-state index in [1.807, 2.05) is 0 Å². The van der Waals surface area contributed by atoms with Crippen LogP contribution in [0.1, 0.15) is 32.1 Å². The second-order valence-corrected chi connectivity index (χ2v) is 4.37. The van der Waals surface area contributed by atoms with E-state index in [1.165, 1.54) is 12.8 Å². The lowest BCUT2D eigenvalue weighted by atomic mass is 10.1. The molecule has 2 heterocycles. The summed E-state index contributed by atoms with van der Waals surface area (Å²) < 4.78 is 5.31. The standard InChI is InChI=1S/C11H20N2O2/c14-11(10-4-2-8-15-10)13-7-5-9-3-1-6-12-9/h9-10,12H,1-8H2,(H,13,14)/t9-,10-/m1/s1. The number of ether oxygens (including phenoxy) is 1. The number of carbonyl (C=O) groups is 1. The highest BCUT2D eigenvalue weighted by Gasteiger charge is 2.23. The first-order chi connectivity index (χ1) is 7.36. The lowest BCUT2D eigenvalue weighted by Gasteiger charge is -2.13. The Bertz CT molecular complexity index is 209. The van der Waals surface area contributed by atoms with Gasteiger partial charge in [0.05, 0.1) is 0 Å². The van der Waals surface area contributed by atoms with Gasteiger partial charge in [0.2, 0.25) is 5.91 Å². The average molecular weight is 212 g/mol. The molecule has 0 saturated carbocycles. The molecule has 2 saturated heterocycles. The number of hydrogen-bond acceptors (Lipinski definition) is 3. The van der Waals surface area contributed by atoms with Gasteiger partial charge >= 0.3 is 0 Å². The lowest BCUT2D eigenvalue weighted by molar-refractivity contribution is -0.130. The molecule has 0 unspecified atom stereocenters. The Morgan fingerprint density at radius 3 is 3.00 bits per heavy atom. The van der Waals surface area contributed by atoms with Crippen LogP contribution in [-0.4, -0.2) is 37.7 Å². The number of rotatable bonds is 4. The second-order valence-electron chi connectivity index (χ2n) is 4.37. The smallest absolute Gasteiger partial charge is 0.249 e. The molecular formula is C11H20N2O2. The molecular weight excluding hydrogens is 192 g/mol. The summed E-state index contributed by atoms with van der Waals surface area (Å²) in [7, 11) is 0. The summed E-state index contributed by atoms with van der Waals surface area (Å²) in [5.41, 5.74) is 0. The van der Waals surface area contributed by atoms with Crippen molar-refractivity contribution in [1.82, 2.24) is 10.6 Å². The van der Waals surface area contributed by atoms with E-state index in [-0.39, 0.29) is 12.0 Å². The molecule has 86 valence electrons. The predicted molar refractivity (Wildman–Crippen MR) is 57.6 cm³/mol. The molecule has 2 atom stereocenters. The molecule has 1 amide bonds. The third-order valence-electron chi connectivity index (χ3n) is 3.18. The van der Waals surface area contributed by atoms with E-state index in [0.717, 1.165) is 39.0 Å². The molecule has 2 N–H and O–H groups in total. The van der Waals surface area contributed by atoms with Crippen LogP contribution in [0.2, 0.25) is 0 Å². The first-order valence-corrected chi connectivity index (χ1v) is 5.99. The topological polar surface area (TPSA) is 50.4 Å². The van der Waals surface area contributed by atoms with E-state index in [1.54, 1.807) is 0 Å². The van der Waals surface area contributed by atoms with E-state index < -0.39 is 0 Å². The zero-order valence-electron chi connectivity index (χ0n) is 9.13. The second kappa shape index (κ2) is 5.47. The van der Waals surface area contributed by atoms with Gasteiger partial charge in [-0.05, 0) is 38.6 Å². The van der Waals surface area contributed by atoms with Crippen molar-refractivity contribution in [3.8, 4) is 0 Å². The Hall–Kier alpha value is -0.610. The summed E-state index contributed by atoms with van der Waals surface area (Å²) in [6, 6.07) is 0.606. The van der Waals surface area contributed by atoms with Crippen molar-refractivity contribution in [1.29, 1.82) is 0 Å². The monoisotopic (exact) mass is 212 g/mol. The molecule has 4 nitrogen and oxygen atoms in total. The van der Waals surface area contributed by atoms with Crippen LogP contribution in [0.4, 0.5) is 0 Å². The van der Waals surface area contributed by atoms with Crippen molar-refractivity contribution in [3.63, 3.8) is 0 Å². The van der Waals surface area contributed by atoms with Gasteiger partial charge < -0.3 is 15.4 Å². The Balaban J connectivity index is 1.58. The minimum atomic E-state index is -0.179. The van der Waals surface area contributed by atoms with Crippen molar-refractivity contribution in [2.45, 2.75) is 44.2 Å². The maximum Gasteiger partial charge on any atom is 0.249 e. The van der Waals surface area contributed by atoms with Crippen LogP contribution in [-0.2, 0) is 9.53 Å². The van der Waals surface area contributed by atoms with Crippen molar-refractivity contribution in [3.05, 3.63) is 0 Å². The fourth-order valence-corrected chi connectivity index (χ4v) is 2.27. The zero-order valence-corrected chi connectivity index (χ0v) is 9.13. The average Bonchev–Trinajstić information content (AvgIpc) is 2.90. The molecule has 2 aliphatic heterocycles. The van der Waals surface area contributed by atoms with Crippen molar-refractivity contribution < 1.29 is 9.53 Å². The van der Waals surface area contributed by atoms with Crippen LogP contribution in [0.25, 0.3) is 0 Å². The summed E-state index contributed by atoms with van der Waals surface area (Å²) in [6.07, 6.45) is 5.27. The predicted octanol–water partition coefficient (Wildman–Crippen LogP) is 0.424. The number of nitrogens with one attached hydrogen (secondary N) is 2. The third-order valence-corrected chi connectivity index (χ3v) is 3.18. The van der Waals surface area contributed by atoms with E-state index in [9.17, 15) is 4.79 Å². The molecule has 2 rings (SSSR count). The largest absolute Gasteiger partial charge is 0.368 e. The molecule has 0 aromatic rings. The minimum absolute atomic E-state index is 0.0745. The van der Waals surface area contributed by atoms with Crippen LogP contribution >= 0.6 is 0 Å². The molecule has 4 heteroatoms. The zero-order chi connectivity index (χ0) is 10.5. The van der Waals surface area contributed by atoms with E-state index in [0.29, 0.717) is 6.04 Å². The maximum absolute atomic E-state index is 11.6. The third kappa shape index (κ3) is 3.18. The van der Waals surface area contributed by atoms with Crippen molar-refractivity contribution in [2.75, 3.05) is 19.7 Å². The summed E-state index contributed by atoms with van der Waals surface area (Å²) in [5.74, 6) is 0.0745. The van der Waals surface area contributed by atoms with E-state index in [2.05, 4.69) is 10.6 Å². The number of carbonyl (C=O) groups excluding carboxylic acids is 1. The highest BCUT2D eigenvalue weighted by Crippen LogP contribution is 2.12. The SMILES string of the molecule is O=C(NCC[C@H]1CCCN1)[C@H]1CCCO1. The van der Waals surface area contributed by atoms with Gasteiger partial charge in [0, 0.05) is 19.2 Å². The molecule has 0 bridgehead atoms. The quantitative estimate of drug-likeness (QED) is 0.710. The van der Waals surface area contributed by atoms with Gasteiger partial charge in [-0.3, -0.25) is 4.79 Å². The van der Waals surface area contributed by atoms with Gasteiger partial charge in [-0.25, -0.2) is 0 Å². The van der Waals surface area contributed by atoms with Crippen molar-refractivity contribution >= 4 is 5.91 Å². The first kappa shape index (κ1) is 10.9. The molecule has 0 aliphatic carbocycles. The van der Waals surface area contributed by atoms with Gasteiger partial charge in [0.25, 0.3) is 0 Å². The highest BCUT2D eigenvalue weighted by atomic mass is 16.5. The van der Waals surface area contributed by atoms with Crippen LogP contribution in [0.5, 0.6) is 0 Å². The molecule has 0 aromatic heterocycles. The molecule has 15 heavy (non-hydrogen) atoms. The Kier molecular flexibility index (Phi) is 3.97. The number of amides is 1. The number of hydrogen-bond donors (Lipinski definition) is 2. The summed E-state index contributed by atoms with van der Waals surface area (Å²) >= 11 is 0. The summed E-state index contributed by atoms with van der Waals surface area (Å²) in [5, 5.41) is 6.36. The Morgan fingerprint density at radius 1 is 1.40 bits per heavy atom.